The molecule has 5 heteroatoms. The Bertz CT molecular complexity index is 87.0. The second-order valence-corrected chi connectivity index (χ2v) is 5.12. The monoisotopic (exact) mass is 182 g/mol. The molecule has 0 rings (SSSR count). The molecular weight excluding hydrogens is 168 g/mol. The van der Waals surface area contributed by atoms with Crippen molar-refractivity contribution in [2.45, 2.75) is 6.55 Å². The minimum absolute atomic E-state index is 0.577. The Morgan fingerprint density at radius 2 is 1.80 bits per heavy atom. The standard InChI is InChI=1S/C5H14O3SSi/c1-6-10(3,7-2)8-4-5-9/h9H,4-5H2,1-3H3. The zero-order chi connectivity index (χ0) is 8.04. The maximum absolute atomic E-state index is 5.30. The molecule has 0 radical (unpaired) electrons. The molecule has 0 aliphatic carbocycles. The van der Waals surface area contributed by atoms with Crippen LogP contribution in [0.5, 0.6) is 0 Å². The van der Waals surface area contributed by atoms with Crippen LogP contribution in [0.3, 0.4) is 0 Å². The molecule has 0 unspecified atom stereocenters. The van der Waals surface area contributed by atoms with Crippen LogP contribution in [0.15, 0.2) is 0 Å². The Morgan fingerprint density at radius 3 is 2.10 bits per heavy atom. The summed E-state index contributed by atoms with van der Waals surface area (Å²) in [6.07, 6.45) is 0. The minimum atomic E-state index is -2.27. The summed E-state index contributed by atoms with van der Waals surface area (Å²) >= 11 is 4.00. The molecule has 0 bridgehead atoms. The first-order chi connectivity index (χ1) is 4.68. The quantitative estimate of drug-likeness (QED) is 0.503. The molecule has 10 heavy (non-hydrogen) atoms. The van der Waals surface area contributed by atoms with Crippen molar-refractivity contribution >= 4 is 21.4 Å². The van der Waals surface area contributed by atoms with Gasteiger partial charge in [-0.2, -0.15) is 12.6 Å². The van der Waals surface area contributed by atoms with Crippen LogP contribution in [0.1, 0.15) is 0 Å². The normalized spacial score (nSPS) is 12.0. The molecule has 0 aromatic rings. The molecule has 0 aliphatic heterocycles. The second-order valence-electron chi connectivity index (χ2n) is 1.84. The van der Waals surface area contributed by atoms with E-state index in [1.165, 1.54) is 0 Å². The molecular formula is C5H14O3SSi. The summed E-state index contributed by atoms with van der Waals surface area (Å²) in [4.78, 5) is 0. The van der Waals surface area contributed by atoms with Crippen molar-refractivity contribution in [3.8, 4) is 0 Å². The van der Waals surface area contributed by atoms with Gasteiger partial charge in [-0.15, -0.1) is 0 Å². The van der Waals surface area contributed by atoms with Gasteiger partial charge in [0.2, 0.25) is 0 Å². The lowest BCUT2D eigenvalue weighted by Crippen LogP contribution is -2.40. The molecule has 0 saturated carbocycles. The van der Waals surface area contributed by atoms with E-state index in [-0.39, 0.29) is 0 Å². The van der Waals surface area contributed by atoms with Crippen molar-refractivity contribution in [3.05, 3.63) is 0 Å². The summed E-state index contributed by atoms with van der Waals surface area (Å²) in [7, 11) is 0.916. The molecule has 0 spiro atoms. The summed E-state index contributed by atoms with van der Waals surface area (Å²) in [5.41, 5.74) is 0. The number of hydrogen-bond acceptors (Lipinski definition) is 4. The molecule has 0 N–H and O–H groups in total. The van der Waals surface area contributed by atoms with Crippen LogP contribution in [-0.2, 0) is 13.3 Å². The smallest absolute Gasteiger partial charge is 0.377 e. The molecule has 0 atom stereocenters. The highest BCUT2D eigenvalue weighted by atomic mass is 32.1. The number of thiol groups is 1. The SMILES string of the molecule is CO[Si](C)(OC)OCCS. The first kappa shape index (κ1) is 10.4. The molecule has 0 heterocycles. The van der Waals surface area contributed by atoms with Gasteiger partial charge in [-0.25, -0.2) is 0 Å². The molecule has 0 amide bonds. The highest BCUT2D eigenvalue weighted by molar-refractivity contribution is 7.80. The predicted molar refractivity (Wildman–Crippen MR) is 45.4 cm³/mol. The van der Waals surface area contributed by atoms with Gasteiger partial charge in [-0.05, 0) is 0 Å². The van der Waals surface area contributed by atoms with E-state index in [9.17, 15) is 0 Å². The maximum atomic E-state index is 5.30. The van der Waals surface area contributed by atoms with Gasteiger partial charge in [0.25, 0.3) is 0 Å². The topological polar surface area (TPSA) is 27.7 Å². The van der Waals surface area contributed by atoms with Gasteiger partial charge in [0.05, 0.1) is 0 Å². The molecule has 0 aliphatic rings. The van der Waals surface area contributed by atoms with Gasteiger partial charge >= 0.3 is 8.80 Å². The van der Waals surface area contributed by atoms with Crippen molar-refractivity contribution in [2.75, 3.05) is 26.6 Å². The van der Waals surface area contributed by atoms with E-state index in [0.29, 0.717) is 12.4 Å². The third-order valence-corrected chi connectivity index (χ3v) is 3.59. The Hall–Kier alpha value is 0.447. The van der Waals surface area contributed by atoms with Gasteiger partial charge in [0, 0.05) is 33.1 Å². The maximum Gasteiger partial charge on any atom is 0.497 e. The summed E-state index contributed by atoms with van der Waals surface area (Å²) in [5.74, 6) is 0.690. The lowest BCUT2D eigenvalue weighted by atomic mass is 10.9. The van der Waals surface area contributed by atoms with E-state index in [0.717, 1.165) is 0 Å². The van der Waals surface area contributed by atoms with E-state index in [4.69, 9.17) is 13.3 Å². The van der Waals surface area contributed by atoms with Gasteiger partial charge < -0.3 is 13.3 Å². The van der Waals surface area contributed by atoms with Crippen LogP contribution in [0, 0.1) is 0 Å². The van der Waals surface area contributed by atoms with Crippen LogP contribution in [0.25, 0.3) is 0 Å². The van der Waals surface area contributed by atoms with Crippen LogP contribution in [-0.4, -0.2) is 35.4 Å². The van der Waals surface area contributed by atoms with Gasteiger partial charge in [0.1, 0.15) is 0 Å². The average molecular weight is 182 g/mol. The fourth-order valence-electron chi connectivity index (χ4n) is 0.432. The Morgan fingerprint density at radius 1 is 1.30 bits per heavy atom. The summed E-state index contributed by atoms with van der Waals surface area (Å²) in [5, 5.41) is 0. The predicted octanol–water partition coefficient (Wildman–Crippen LogP) is 0.794. The first-order valence-corrected chi connectivity index (χ1v) is 5.89. The largest absolute Gasteiger partial charge is 0.497 e. The van der Waals surface area contributed by atoms with E-state index in [1.54, 1.807) is 14.2 Å². The molecule has 0 aromatic heterocycles. The lowest BCUT2D eigenvalue weighted by molar-refractivity contribution is 0.113. The zero-order valence-electron chi connectivity index (χ0n) is 6.59. The molecule has 0 aromatic carbocycles. The van der Waals surface area contributed by atoms with Crippen molar-refractivity contribution in [3.63, 3.8) is 0 Å². The zero-order valence-corrected chi connectivity index (χ0v) is 8.48. The minimum Gasteiger partial charge on any atom is -0.377 e. The van der Waals surface area contributed by atoms with Crippen LogP contribution in [0.2, 0.25) is 6.55 Å². The number of rotatable bonds is 5. The first-order valence-electron chi connectivity index (χ1n) is 3.03. The third-order valence-electron chi connectivity index (χ3n) is 1.20. The Kier molecular flexibility index (Phi) is 5.37. The van der Waals surface area contributed by atoms with Crippen molar-refractivity contribution < 1.29 is 13.3 Å². The highest BCUT2D eigenvalue weighted by Crippen LogP contribution is 2.05. The van der Waals surface area contributed by atoms with Crippen molar-refractivity contribution in [2.24, 2.45) is 0 Å². The second kappa shape index (κ2) is 5.14. The Balaban J connectivity index is 3.58. The summed E-state index contributed by atoms with van der Waals surface area (Å²) in [6.45, 7) is 2.42. The van der Waals surface area contributed by atoms with E-state index < -0.39 is 8.80 Å². The third kappa shape index (κ3) is 3.57. The molecule has 0 fully saturated rings. The Labute approximate surface area is 68.4 Å². The van der Waals surface area contributed by atoms with Gasteiger partial charge in [-0.1, -0.05) is 0 Å². The van der Waals surface area contributed by atoms with Crippen LogP contribution in [0.4, 0.5) is 0 Å². The van der Waals surface area contributed by atoms with Crippen LogP contribution >= 0.6 is 12.6 Å². The van der Waals surface area contributed by atoms with Crippen molar-refractivity contribution in [1.82, 2.24) is 0 Å². The lowest BCUT2D eigenvalue weighted by Gasteiger charge is -2.21. The van der Waals surface area contributed by atoms with Gasteiger partial charge in [0.15, 0.2) is 0 Å². The fraction of sp³-hybridized carbons (Fsp3) is 1.00. The fourth-order valence-corrected chi connectivity index (χ4v) is 1.57. The van der Waals surface area contributed by atoms with E-state index >= 15 is 0 Å². The summed E-state index contributed by atoms with van der Waals surface area (Å²) < 4.78 is 15.4. The van der Waals surface area contributed by atoms with Gasteiger partial charge in [-0.3, -0.25) is 0 Å². The molecule has 0 saturated heterocycles. The van der Waals surface area contributed by atoms with Crippen LogP contribution < -0.4 is 0 Å². The van der Waals surface area contributed by atoms with E-state index in [1.807, 2.05) is 6.55 Å². The molecule has 3 nitrogen and oxygen atoms in total. The summed E-state index contributed by atoms with van der Waals surface area (Å²) in [6, 6.07) is 0. The highest BCUT2D eigenvalue weighted by Gasteiger charge is 2.31. The average Bonchev–Trinajstić information content (AvgIpc) is 2.00. The number of hydrogen-bond donors (Lipinski definition) is 1. The molecule has 62 valence electrons. The van der Waals surface area contributed by atoms with Crippen molar-refractivity contribution in [1.29, 1.82) is 0 Å². The van der Waals surface area contributed by atoms with E-state index in [2.05, 4.69) is 12.6 Å².